The van der Waals surface area contributed by atoms with Crippen LogP contribution >= 0.6 is 0 Å². The van der Waals surface area contributed by atoms with Crippen molar-refractivity contribution in [2.24, 2.45) is 0 Å². The smallest absolute Gasteiger partial charge is 0.212 e. The van der Waals surface area contributed by atoms with Gasteiger partial charge in [-0.15, -0.1) is 0 Å². The number of fused-ring (bicyclic) bond motifs is 16. The van der Waals surface area contributed by atoms with Crippen molar-refractivity contribution in [2.45, 2.75) is 19.3 Å². The molecule has 0 amide bonds. The molecule has 14 aromatic rings. The van der Waals surface area contributed by atoms with E-state index in [9.17, 15) is 5.26 Å². The van der Waals surface area contributed by atoms with Crippen LogP contribution < -0.4 is 0 Å². The van der Waals surface area contributed by atoms with Crippen molar-refractivity contribution >= 4 is 92.9 Å². The quantitative estimate of drug-likeness (QED) is 0.162. The molecule has 6 nitrogen and oxygen atoms in total. The van der Waals surface area contributed by atoms with E-state index in [2.05, 4.69) is 237 Å². The van der Waals surface area contributed by atoms with Crippen molar-refractivity contribution in [3.05, 3.63) is 234 Å². The highest BCUT2D eigenvalue weighted by Gasteiger charge is 2.36. The molecule has 1 aliphatic carbocycles. The van der Waals surface area contributed by atoms with Crippen LogP contribution in [0.25, 0.3) is 126 Å². The summed E-state index contributed by atoms with van der Waals surface area (Å²) in [5.41, 5.74) is 17.5. The molecule has 0 radical (unpaired) electrons. The highest BCUT2D eigenvalue weighted by Crippen LogP contribution is 2.52. The van der Waals surface area contributed by atoms with Crippen LogP contribution in [0.5, 0.6) is 0 Å². The van der Waals surface area contributed by atoms with Gasteiger partial charge in [0.1, 0.15) is 6.07 Å². The lowest BCUT2D eigenvalue weighted by Crippen LogP contribution is -2.15. The van der Waals surface area contributed by atoms with Gasteiger partial charge in [0.2, 0.25) is 5.69 Å². The van der Waals surface area contributed by atoms with Gasteiger partial charge >= 0.3 is 0 Å². The first-order valence-electron chi connectivity index (χ1n) is 24.1. The zero-order chi connectivity index (χ0) is 47.3. The van der Waals surface area contributed by atoms with Gasteiger partial charge < -0.3 is 18.3 Å². The van der Waals surface area contributed by atoms with E-state index in [1.165, 1.54) is 33.0 Å². The molecule has 4 heterocycles. The van der Waals surface area contributed by atoms with Gasteiger partial charge in [-0.1, -0.05) is 141 Å². The van der Waals surface area contributed by atoms with Crippen LogP contribution in [0, 0.1) is 17.9 Å². The Morgan fingerprint density at radius 3 is 1.61 bits per heavy atom. The highest BCUT2D eigenvalue weighted by molar-refractivity contribution is 6.24. The monoisotopic (exact) mass is 904 g/mol. The van der Waals surface area contributed by atoms with Crippen molar-refractivity contribution in [1.82, 2.24) is 18.3 Å². The normalized spacial score (nSPS) is 13.0. The van der Waals surface area contributed by atoms with Gasteiger partial charge in [0.25, 0.3) is 0 Å². The van der Waals surface area contributed by atoms with Crippen LogP contribution in [-0.2, 0) is 5.41 Å². The Labute approximate surface area is 408 Å². The van der Waals surface area contributed by atoms with Crippen molar-refractivity contribution in [3.63, 3.8) is 0 Å². The Morgan fingerprint density at radius 2 is 0.930 bits per heavy atom. The Balaban J connectivity index is 1.06. The average molecular weight is 905 g/mol. The van der Waals surface area contributed by atoms with Gasteiger partial charge in [0, 0.05) is 59.9 Å². The van der Waals surface area contributed by atoms with Gasteiger partial charge in [-0.3, -0.25) is 0 Å². The third-order valence-electron chi connectivity index (χ3n) is 15.6. The third kappa shape index (κ3) is 5.18. The topological polar surface area (TPSA) is 47.9 Å². The maximum absolute atomic E-state index is 11.5. The SMILES string of the molecule is [C-]#[N+]c1cc(-n2c3ccc(-n4c5ccccc5c5ccccc54)cc3c3ccc4c5ccccc5n(-c5ccccc5)c4c32)c(C#N)cc1-n1c2ccccc2c2cc3c(cc21)C(C)(C)c1ccccc1-3. The molecule has 0 unspecified atom stereocenters. The number of hydrogen-bond donors (Lipinski definition) is 0. The number of para-hydroxylation sites is 5. The summed E-state index contributed by atoms with van der Waals surface area (Å²) in [4.78, 5) is 4.35. The number of rotatable bonds is 4. The van der Waals surface area contributed by atoms with Gasteiger partial charge in [-0.05, 0) is 101 Å². The van der Waals surface area contributed by atoms with E-state index < -0.39 is 0 Å². The van der Waals surface area contributed by atoms with E-state index in [1.54, 1.807) is 0 Å². The van der Waals surface area contributed by atoms with E-state index in [4.69, 9.17) is 6.57 Å². The Morgan fingerprint density at radius 1 is 0.394 bits per heavy atom. The predicted molar refractivity (Wildman–Crippen MR) is 292 cm³/mol. The van der Waals surface area contributed by atoms with Crippen molar-refractivity contribution in [1.29, 1.82) is 5.26 Å². The first-order valence-corrected chi connectivity index (χ1v) is 24.1. The number of nitrogens with zero attached hydrogens (tertiary/aromatic N) is 6. The molecule has 71 heavy (non-hydrogen) atoms. The molecule has 0 N–H and O–H groups in total. The molecular weight excluding hydrogens is 865 g/mol. The summed E-state index contributed by atoms with van der Waals surface area (Å²) in [5.74, 6) is 0. The molecule has 0 atom stereocenters. The van der Waals surface area contributed by atoms with Crippen molar-refractivity contribution < 1.29 is 0 Å². The molecule has 0 spiro atoms. The molecule has 0 saturated heterocycles. The third-order valence-corrected chi connectivity index (χ3v) is 15.6. The molecular formula is C65H40N6. The van der Waals surface area contributed by atoms with E-state index >= 15 is 0 Å². The lowest BCUT2D eigenvalue weighted by atomic mass is 9.82. The maximum Gasteiger partial charge on any atom is 0.212 e. The average Bonchev–Trinajstić information content (AvgIpc) is 4.19. The maximum atomic E-state index is 11.5. The van der Waals surface area contributed by atoms with Crippen molar-refractivity contribution in [3.8, 4) is 39.9 Å². The predicted octanol–water partition coefficient (Wildman–Crippen LogP) is 16.8. The fourth-order valence-corrected chi connectivity index (χ4v) is 12.5. The summed E-state index contributed by atoms with van der Waals surface area (Å²) in [6, 6.07) is 76.0. The van der Waals surface area contributed by atoms with E-state index in [1.807, 2.05) is 12.1 Å². The first-order chi connectivity index (χ1) is 34.9. The summed E-state index contributed by atoms with van der Waals surface area (Å²) >= 11 is 0. The number of hydrogen-bond acceptors (Lipinski definition) is 1. The molecule has 4 aromatic heterocycles. The van der Waals surface area contributed by atoms with Crippen LogP contribution in [0.15, 0.2) is 206 Å². The Bertz CT molecular complexity index is 4700. The minimum absolute atomic E-state index is 0.225. The number of aromatic nitrogens is 4. The molecule has 6 heteroatoms. The zero-order valence-electron chi connectivity index (χ0n) is 38.8. The molecule has 0 aliphatic heterocycles. The van der Waals surface area contributed by atoms with Crippen LogP contribution in [0.2, 0.25) is 0 Å². The number of benzene rings is 10. The molecule has 0 fully saturated rings. The summed E-state index contributed by atoms with van der Waals surface area (Å²) in [6.07, 6.45) is 0. The van der Waals surface area contributed by atoms with Gasteiger partial charge in [0.15, 0.2) is 0 Å². The molecule has 0 saturated carbocycles. The highest BCUT2D eigenvalue weighted by atomic mass is 15.1. The zero-order valence-corrected chi connectivity index (χ0v) is 38.8. The first kappa shape index (κ1) is 39.4. The van der Waals surface area contributed by atoms with Gasteiger partial charge in [-0.2, -0.15) is 5.26 Å². The van der Waals surface area contributed by atoms with Crippen LogP contribution in [0.1, 0.15) is 30.5 Å². The second kappa shape index (κ2) is 14.2. The molecule has 10 aromatic carbocycles. The minimum Gasteiger partial charge on any atom is -0.319 e. The Hall–Kier alpha value is -9.62. The van der Waals surface area contributed by atoms with Crippen LogP contribution in [-0.4, -0.2) is 18.3 Å². The lowest BCUT2D eigenvalue weighted by Gasteiger charge is -2.22. The van der Waals surface area contributed by atoms with Gasteiger partial charge in [-0.25, -0.2) is 4.85 Å². The summed E-state index contributed by atoms with van der Waals surface area (Å²) < 4.78 is 9.21. The lowest BCUT2D eigenvalue weighted by molar-refractivity contribution is 0.661. The second-order valence-corrected chi connectivity index (χ2v) is 19.5. The summed E-state index contributed by atoms with van der Waals surface area (Å²) in [7, 11) is 0. The van der Waals surface area contributed by atoms with Crippen molar-refractivity contribution in [2.75, 3.05) is 0 Å². The van der Waals surface area contributed by atoms with E-state index in [0.717, 1.165) is 87.8 Å². The second-order valence-electron chi connectivity index (χ2n) is 19.5. The summed E-state index contributed by atoms with van der Waals surface area (Å²) in [5, 5.41) is 20.5. The molecule has 0 bridgehead atoms. The molecule has 15 rings (SSSR count). The minimum atomic E-state index is -0.225. The van der Waals surface area contributed by atoms with Crippen LogP contribution in [0.3, 0.4) is 0 Å². The Kier molecular flexibility index (Phi) is 7.88. The van der Waals surface area contributed by atoms with Crippen LogP contribution in [0.4, 0.5) is 5.69 Å². The van der Waals surface area contributed by atoms with E-state index in [-0.39, 0.29) is 5.41 Å². The fourth-order valence-electron chi connectivity index (χ4n) is 12.5. The van der Waals surface area contributed by atoms with Gasteiger partial charge in [0.05, 0.1) is 67.6 Å². The summed E-state index contributed by atoms with van der Waals surface area (Å²) in [6.45, 7) is 13.6. The standard InChI is InChI=1S/C65H40N6/c1-65(2)52-24-12-7-19-42(52)49-35-51-46-23-11-16-28-58(46)70(61(51)36-53(49)65)62-33-39(38-66)60(37-54(62)67-3)71-59-32-29-41(68-55-25-13-8-20-43(55)44-21-9-14-26-56(44)68)34-50(59)48-31-30-47-45-22-10-15-27-57(45)69(63(47)64(48)71)40-17-5-4-6-18-40/h4-37H,1-2H3. The number of nitriles is 1. The molecule has 1 aliphatic rings. The fraction of sp³-hybridized carbons (Fsp3) is 0.0462. The largest absolute Gasteiger partial charge is 0.319 e. The van der Waals surface area contributed by atoms with E-state index in [0.29, 0.717) is 22.6 Å². The molecule has 330 valence electrons.